The van der Waals surface area contributed by atoms with Crippen LogP contribution in [0.5, 0.6) is 0 Å². The van der Waals surface area contributed by atoms with E-state index in [9.17, 15) is 4.39 Å². The number of morpholine rings is 1. The van der Waals surface area contributed by atoms with E-state index in [-0.39, 0.29) is 11.8 Å². The van der Waals surface area contributed by atoms with Crippen molar-refractivity contribution in [3.05, 3.63) is 33.9 Å². The Morgan fingerprint density at radius 2 is 1.84 bits per heavy atom. The van der Waals surface area contributed by atoms with Gasteiger partial charge in [0.2, 0.25) is 5.95 Å². The minimum Gasteiger partial charge on any atom is -0.378 e. The molecule has 3 heterocycles. The first-order chi connectivity index (χ1) is 12.1. The second-order valence-corrected chi connectivity index (χ2v) is 6.75. The molecule has 1 aromatic carbocycles. The molecule has 9 heteroatoms. The molecular formula is C16H14FIN6O. The highest BCUT2D eigenvalue weighted by Crippen LogP contribution is 2.30. The molecule has 0 radical (unpaired) electrons. The van der Waals surface area contributed by atoms with Crippen LogP contribution in [0.2, 0.25) is 0 Å². The van der Waals surface area contributed by atoms with Crippen molar-refractivity contribution in [1.29, 1.82) is 0 Å². The van der Waals surface area contributed by atoms with Gasteiger partial charge in [-0.3, -0.25) is 0 Å². The van der Waals surface area contributed by atoms with Crippen LogP contribution in [0, 0.1) is 9.39 Å². The Balaban J connectivity index is 1.92. The van der Waals surface area contributed by atoms with Gasteiger partial charge in [0.05, 0.1) is 27.9 Å². The Hall–Kier alpha value is -2.14. The van der Waals surface area contributed by atoms with Gasteiger partial charge in [-0.2, -0.15) is 0 Å². The Morgan fingerprint density at radius 1 is 1.12 bits per heavy atom. The third-order valence-corrected chi connectivity index (χ3v) is 4.78. The zero-order valence-electron chi connectivity index (χ0n) is 13.1. The number of ether oxygens (including phenoxy) is 1. The molecule has 2 N–H and O–H groups in total. The van der Waals surface area contributed by atoms with Crippen molar-refractivity contribution in [1.82, 2.24) is 19.9 Å². The summed E-state index contributed by atoms with van der Waals surface area (Å²) < 4.78 is 20.0. The maximum atomic E-state index is 14.1. The number of nitrogens with two attached hydrogens (primary N) is 1. The monoisotopic (exact) mass is 452 g/mol. The van der Waals surface area contributed by atoms with Crippen LogP contribution >= 0.6 is 22.6 Å². The number of nitrogens with zero attached hydrogens (tertiary/aromatic N) is 5. The highest BCUT2D eigenvalue weighted by atomic mass is 127. The summed E-state index contributed by atoms with van der Waals surface area (Å²) in [6.07, 6.45) is 3.17. The van der Waals surface area contributed by atoms with Gasteiger partial charge in [0.15, 0.2) is 5.82 Å². The number of rotatable bonds is 2. The SMILES string of the molecule is Nc1ncc(-c2nc(N3CCOCC3)c3cc(F)c(I)cc3n2)cn1. The van der Waals surface area contributed by atoms with E-state index in [0.717, 1.165) is 0 Å². The molecular weight excluding hydrogens is 438 g/mol. The zero-order chi connectivity index (χ0) is 17.4. The number of aromatic nitrogens is 4. The van der Waals surface area contributed by atoms with Crippen molar-refractivity contribution in [2.24, 2.45) is 0 Å². The molecule has 1 fully saturated rings. The van der Waals surface area contributed by atoms with Gasteiger partial charge in [0, 0.05) is 30.9 Å². The molecule has 1 aliphatic rings. The molecule has 25 heavy (non-hydrogen) atoms. The highest BCUT2D eigenvalue weighted by molar-refractivity contribution is 14.1. The van der Waals surface area contributed by atoms with Crippen molar-refractivity contribution >= 4 is 45.3 Å². The number of halogens is 2. The molecule has 7 nitrogen and oxygen atoms in total. The smallest absolute Gasteiger partial charge is 0.219 e. The van der Waals surface area contributed by atoms with E-state index in [1.807, 2.05) is 22.6 Å². The van der Waals surface area contributed by atoms with Crippen molar-refractivity contribution in [2.75, 3.05) is 36.9 Å². The van der Waals surface area contributed by atoms with Gasteiger partial charge in [-0.1, -0.05) is 0 Å². The van der Waals surface area contributed by atoms with Crippen LogP contribution < -0.4 is 10.6 Å². The summed E-state index contributed by atoms with van der Waals surface area (Å²) in [6.45, 7) is 2.60. The minimum atomic E-state index is -0.283. The Kier molecular flexibility index (Phi) is 4.34. The van der Waals surface area contributed by atoms with Crippen LogP contribution in [-0.4, -0.2) is 46.2 Å². The second kappa shape index (κ2) is 6.64. The molecule has 2 aromatic heterocycles. The highest BCUT2D eigenvalue weighted by Gasteiger charge is 2.19. The first kappa shape index (κ1) is 16.3. The fourth-order valence-corrected chi connectivity index (χ4v) is 3.16. The summed E-state index contributed by atoms with van der Waals surface area (Å²) >= 11 is 1.96. The molecule has 1 saturated heterocycles. The maximum absolute atomic E-state index is 14.1. The molecule has 0 unspecified atom stereocenters. The zero-order valence-corrected chi connectivity index (χ0v) is 15.3. The number of nitrogen functional groups attached to an aromatic ring is 1. The Morgan fingerprint density at radius 3 is 2.56 bits per heavy atom. The number of hydrogen-bond donors (Lipinski definition) is 1. The van der Waals surface area contributed by atoms with Crippen LogP contribution in [0.4, 0.5) is 16.2 Å². The van der Waals surface area contributed by atoms with Crippen molar-refractivity contribution in [2.45, 2.75) is 0 Å². The number of fused-ring (bicyclic) bond motifs is 1. The first-order valence-electron chi connectivity index (χ1n) is 7.69. The topological polar surface area (TPSA) is 90.0 Å². The summed E-state index contributed by atoms with van der Waals surface area (Å²) in [5, 5.41) is 0.680. The van der Waals surface area contributed by atoms with Gasteiger partial charge in [0.1, 0.15) is 11.6 Å². The van der Waals surface area contributed by atoms with Crippen LogP contribution in [0.25, 0.3) is 22.3 Å². The third kappa shape index (κ3) is 3.21. The molecule has 0 amide bonds. The van der Waals surface area contributed by atoms with Gasteiger partial charge in [0.25, 0.3) is 0 Å². The predicted octanol–water partition coefficient (Wildman–Crippen LogP) is 2.25. The summed E-state index contributed by atoms with van der Waals surface area (Å²) in [7, 11) is 0. The summed E-state index contributed by atoms with van der Waals surface area (Å²) in [6, 6.07) is 3.21. The Bertz CT molecular complexity index is 930. The molecule has 1 aliphatic heterocycles. The van der Waals surface area contributed by atoms with E-state index in [1.165, 1.54) is 6.07 Å². The fraction of sp³-hybridized carbons (Fsp3) is 0.250. The maximum Gasteiger partial charge on any atom is 0.219 e. The number of anilines is 2. The number of benzene rings is 1. The van der Waals surface area contributed by atoms with E-state index in [1.54, 1.807) is 18.5 Å². The van der Waals surface area contributed by atoms with E-state index >= 15 is 0 Å². The molecule has 0 bridgehead atoms. The van der Waals surface area contributed by atoms with Crippen LogP contribution in [0.15, 0.2) is 24.5 Å². The van der Waals surface area contributed by atoms with E-state index in [2.05, 4.69) is 24.8 Å². The molecule has 4 rings (SSSR count). The standard InChI is InChI=1S/C16H14FIN6O/c17-11-5-10-13(6-12(11)18)22-14(9-7-20-16(19)21-8-9)23-15(10)24-1-3-25-4-2-24/h5-8H,1-4H2,(H2,19,20,21). The van der Waals surface area contributed by atoms with Crippen LogP contribution in [-0.2, 0) is 4.74 Å². The summed E-state index contributed by atoms with van der Waals surface area (Å²) in [5.41, 5.74) is 6.88. The average molecular weight is 452 g/mol. The lowest BCUT2D eigenvalue weighted by molar-refractivity contribution is 0.122. The van der Waals surface area contributed by atoms with E-state index in [4.69, 9.17) is 10.5 Å². The molecule has 0 spiro atoms. The predicted molar refractivity (Wildman–Crippen MR) is 101 cm³/mol. The number of hydrogen-bond acceptors (Lipinski definition) is 7. The summed E-state index contributed by atoms with van der Waals surface area (Å²) in [4.78, 5) is 19.3. The third-order valence-electron chi connectivity index (χ3n) is 3.96. The molecule has 0 atom stereocenters. The first-order valence-corrected chi connectivity index (χ1v) is 8.77. The molecule has 0 aliphatic carbocycles. The molecule has 128 valence electrons. The molecule has 3 aromatic rings. The largest absolute Gasteiger partial charge is 0.378 e. The average Bonchev–Trinajstić information content (AvgIpc) is 2.63. The van der Waals surface area contributed by atoms with Gasteiger partial charge in [-0.25, -0.2) is 24.3 Å². The quantitative estimate of drug-likeness (QED) is 0.597. The van der Waals surface area contributed by atoms with Crippen molar-refractivity contribution < 1.29 is 9.13 Å². The lowest BCUT2D eigenvalue weighted by Crippen LogP contribution is -2.37. The van der Waals surface area contributed by atoms with Crippen LogP contribution in [0.3, 0.4) is 0 Å². The lowest BCUT2D eigenvalue weighted by atomic mass is 10.2. The van der Waals surface area contributed by atoms with Crippen LogP contribution in [0.1, 0.15) is 0 Å². The molecule has 0 saturated carbocycles. The van der Waals surface area contributed by atoms with Gasteiger partial charge < -0.3 is 15.4 Å². The Labute approximate surface area is 156 Å². The van der Waals surface area contributed by atoms with E-state index < -0.39 is 0 Å². The second-order valence-electron chi connectivity index (χ2n) is 5.58. The van der Waals surface area contributed by atoms with Crippen molar-refractivity contribution in [3.63, 3.8) is 0 Å². The van der Waals surface area contributed by atoms with E-state index in [0.29, 0.717) is 58.0 Å². The van der Waals surface area contributed by atoms with Crippen molar-refractivity contribution in [3.8, 4) is 11.4 Å². The summed E-state index contributed by atoms with van der Waals surface area (Å²) in [5.74, 6) is 1.08. The van der Waals surface area contributed by atoms with Gasteiger partial charge in [-0.15, -0.1) is 0 Å². The fourth-order valence-electron chi connectivity index (χ4n) is 2.71. The lowest BCUT2D eigenvalue weighted by Gasteiger charge is -2.29. The van der Waals surface area contributed by atoms with Gasteiger partial charge >= 0.3 is 0 Å². The normalized spacial score (nSPS) is 14.9. The minimum absolute atomic E-state index is 0.189. The van der Waals surface area contributed by atoms with Gasteiger partial charge in [-0.05, 0) is 34.7 Å².